The van der Waals surface area contributed by atoms with Crippen LogP contribution in [0.4, 0.5) is 0 Å². The molecule has 14 nitrogen and oxygen atoms in total. The first-order chi connectivity index (χ1) is 31.5. The van der Waals surface area contributed by atoms with Gasteiger partial charge < -0.3 is 29.2 Å². The average molecular weight is 1110 g/mol. The Labute approximate surface area is 468 Å². The molecule has 6 bridgehead atoms. The minimum Gasteiger partial charge on any atom is -0.464 e. The Morgan fingerprint density at radius 1 is 0.986 bits per heavy atom. The van der Waals surface area contributed by atoms with Gasteiger partial charge in [0, 0.05) is 74.3 Å². The van der Waals surface area contributed by atoms with Crippen LogP contribution in [0.5, 0.6) is 0 Å². The summed E-state index contributed by atoms with van der Waals surface area (Å²) in [6.45, 7) is 19.1. The quantitative estimate of drug-likeness (QED) is 0.123. The number of aromatic nitrogens is 2. The molecule has 6 atom stereocenters. The Balaban J connectivity index is 0.00000432. The van der Waals surface area contributed by atoms with Gasteiger partial charge in [0.05, 0.1) is 30.0 Å². The largest absolute Gasteiger partial charge is 0.464 e. The van der Waals surface area contributed by atoms with Gasteiger partial charge in [-0.15, -0.1) is 0 Å². The molecule has 0 saturated carbocycles. The number of amides is 4. The number of hydrogen-bond donors (Lipinski definition) is 2. The number of carbonyl (C=O) groups is 5. The summed E-state index contributed by atoms with van der Waals surface area (Å²) < 4.78 is 14.3. The Morgan fingerprint density at radius 2 is 1.68 bits per heavy atom. The van der Waals surface area contributed by atoms with E-state index < -0.39 is 47.2 Å². The number of esters is 1. The minimum absolute atomic E-state index is 0. The van der Waals surface area contributed by atoms with Gasteiger partial charge in [-0.2, -0.15) is 81.0 Å². The maximum atomic E-state index is 14.7. The minimum atomic E-state index is -1.05. The first kappa shape index (κ1) is 66.3. The molecular weight excluding hydrogens is 1030 g/mol. The van der Waals surface area contributed by atoms with Crippen LogP contribution in [0.25, 0.3) is 33.3 Å². The molecule has 2 aromatic carbocycles. The van der Waals surface area contributed by atoms with E-state index in [-0.39, 0.29) is 124 Å². The zero-order chi connectivity index (χ0) is 47.6. The van der Waals surface area contributed by atoms with Crippen LogP contribution < -0.4 is 10.7 Å². The normalized spacial score (nSPS) is 20.2. The number of carbonyl (C=O) groups excluding carboxylic acids is 5. The van der Waals surface area contributed by atoms with Crippen molar-refractivity contribution in [1.29, 1.82) is 0 Å². The van der Waals surface area contributed by atoms with Crippen molar-refractivity contribution >= 4 is 121 Å². The molecule has 5 heterocycles. The number of nitrogens with zero attached hydrogens (tertiary/aromatic N) is 5. The summed E-state index contributed by atoms with van der Waals surface area (Å²) in [5, 5.41) is 5.59. The SMILES string of the molecule is C=CC(=O)N1CC[C@H](C(=O)N(C)[C@H](C(=O)N[C@H]2Cc3cccc(c3)-c3ccc4c(c3)c(c(-c3cccnc3[C@H](C)OC)n4CC)CC(C)(C)COC(=O)[C@@H]3CCCN(N3)C2=O)C(C)C)[C@@H]1C.S.S.S.S.S.S. The van der Waals surface area contributed by atoms with Crippen LogP contribution in [0, 0.1) is 17.3 Å². The van der Waals surface area contributed by atoms with E-state index in [1.54, 1.807) is 25.3 Å². The van der Waals surface area contributed by atoms with Crippen molar-refractivity contribution < 1.29 is 33.4 Å². The van der Waals surface area contributed by atoms with E-state index >= 15 is 0 Å². The molecule has 0 aliphatic carbocycles. The molecule has 20 heteroatoms. The zero-order valence-electron chi connectivity index (χ0n) is 43.1. The van der Waals surface area contributed by atoms with Crippen LogP contribution in [0.15, 0.2) is 73.4 Å². The second kappa shape index (κ2) is 28.2. The number of fused-ring (bicyclic) bond motifs is 6. The molecule has 2 aromatic heterocycles. The summed E-state index contributed by atoms with van der Waals surface area (Å²) in [5.41, 5.74) is 10.5. The Kier molecular flexibility index (Phi) is 26.0. The smallest absolute Gasteiger partial charge is 0.324 e. The highest BCUT2D eigenvalue weighted by Gasteiger charge is 2.43. The number of ether oxygens (including phenoxy) is 2. The highest BCUT2D eigenvalue weighted by Crippen LogP contribution is 2.42. The van der Waals surface area contributed by atoms with Gasteiger partial charge in [0.2, 0.25) is 17.7 Å². The predicted octanol–water partition coefficient (Wildman–Crippen LogP) is 7.33. The first-order valence-corrected chi connectivity index (χ1v) is 23.4. The highest BCUT2D eigenvalue weighted by atomic mass is 32.1. The molecule has 4 amide bonds. The van der Waals surface area contributed by atoms with E-state index in [4.69, 9.17) is 14.5 Å². The fraction of sp³-hybridized carbons (Fsp3) is 0.500. The second-order valence-corrected chi connectivity index (χ2v) is 19.4. The van der Waals surface area contributed by atoms with Gasteiger partial charge in [0.25, 0.3) is 5.91 Å². The summed E-state index contributed by atoms with van der Waals surface area (Å²) in [6, 6.07) is 15.5. The van der Waals surface area contributed by atoms with Gasteiger partial charge >= 0.3 is 5.97 Å². The number of cyclic esters (lactones) is 1. The number of aryl methyl sites for hydroxylation is 1. The standard InChI is InChI=1S/C52H67N7O7.6H2S/c1-11-44(60)58-25-22-37(32(58)5)49(62)56(9)46(31(3)4)48(61)54-42-27-34-16-13-17-35(26-34)36-20-21-43-39(28-36)40(47(57(43)12-2)38-18-14-23-53-45(38)33(6)65-10)29-52(7,8)30-66-51(64)41-19-15-24-59(55-41)50(42)63;;;;;;/h11,13-14,16-18,20-21,23,26,28,31-33,37,41-42,46,55H,1,12,15,19,22,24-25,27,29-30H2,2-10H3,(H,54,61);6*1H2/t32-,33-,37-,41-,42-,46-;;;;;;/m0....../s1. The third-order valence-electron chi connectivity index (χ3n) is 13.8. The molecule has 3 aliphatic rings. The van der Waals surface area contributed by atoms with Gasteiger partial charge in [-0.05, 0) is 105 Å². The van der Waals surface area contributed by atoms with Gasteiger partial charge in [-0.25, -0.2) is 5.43 Å². The lowest BCUT2D eigenvalue weighted by atomic mass is 9.84. The summed E-state index contributed by atoms with van der Waals surface area (Å²) in [5.74, 6) is -2.61. The fourth-order valence-electron chi connectivity index (χ4n) is 10.3. The Bertz CT molecular complexity index is 2520. The highest BCUT2D eigenvalue weighted by molar-refractivity contribution is 7.60. The number of hydrogen-bond acceptors (Lipinski definition) is 9. The molecule has 2 fully saturated rings. The maximum Gasteiger partial charge on any atom is 0.324 e. The van der Waals surface area contributed by atoms with Crippen molar-refractivity contribution in [2.45, 2.75) is 117 Å². The van der Waals surface area contributed by atoms with Crippen LogP contribution in [0.1, 0.15) is 90.7 Å². The number of likely N-dealkylation sites (tertiary alicyclic amines) is 1. The van der Waals surface area contributed by atoms with E-state index in [1.807, 2.05) is 45.9 Å². The van der Waals surface area contributed by atoms with Gasteiger partial charge in [-0.1, -0.05) is 64.6 Å². The molecule has 2 saturated heterocycles. The number of likely N-dealkylation sites (N-methyl/N-ethyl adjacent to an activating group) is 1. The second-order valence-electron chi connectivity index (χ2n) is 19.4. The Hall–Kier alpha value is -3.76. The van der Waals surface area contributed by atoms with Gasteiger partial charge in [0.1, 0.15) is 18.1 Å². The van der Waals surface area contributed by atoms with E-state index in [0.29, 0.717) is 45.3 Å². The molecule has 4 aromatic rings. The molecule has 72 heavy (non-hydrogen) atoms. The van der Waals surface area contributed by atoms with E-state index in [1.165, 1.54) is 16.0 Å². The van der Waals surface area contributed by atoms with Crippen molar-refractivity contribution in [3.8, 4) is 22.4 Å². The molecule has 400 valence electrons. The number of pyridine rings is 1. The fourth-order valence-corrected chi connectivity index (χ4v) is 10.3. The van der Waals surface area contributed by atoms with Crippen molar-refractivity contribution in [3.63, 3.8) is 0 Å². The molecular formula is C52H79N7O7S6. The van der Waals surface area contributed by atoms with Crippen LogP contribution in [-0.2, 0) is 52.8 Å². The maximum absolute atomic E-state index is 14.7. The monoisotopic (exact) mass is 1110 g/mol. The molecule has 2 N–H and O–H groups in total. The van der Waals surface area contributed by atoms with Crippen LogP contribution >= 0.6 is 81.0 Å². The number of nitrogens with one attached hydrogen (secondary N) is 2. The molecule has 0 radical (unpaired) electrons. The number of hydrazine groups is 1. The summed E-state index contributed by atoms with van der Waals surface area (Å²) >= 11 is 0. The number of methoxy groups -OCH3 is 1. The Morgan fingerprint density at radius 3 is 2.33 bits per heavy atom. The lowest BCUT2D eigenvalue weighted by Crippen LogP contribution is -2.62. The number of rotatable bonds is 10. The van der Waals surface area contributed by atoms with E-state index in [2.05, 4.69) is 79.1 Å². The molecule has 0 spiro atoms. The third-order valence-corrected chi connectivity index (χ3v) is 13.8. The average Bonchev–Trinajstić information content (AvgIpc) is 3.85. The topological polar surface area (TPSA) is 155 Å². The first-order valence-electron chi connectivity index (χ1n) is 23.4. The molecule has 3 aliphatic heterocycles. The van der Waals surface area contributed by atoms with Crippen molar-refractivity contribution in [3.05, 3.63) is 90.3 Å². The summed E-state index contributed by atoms with van der Waals surface area (Å²) in [7, 11) is 3.31. The van der Waals surface area contributed by atoms with Crippen LogP contribution in [-0.4, -0.2) is 112 Å². The lowest BCUT2D eigenvalue weighted by Gasteiger charge is -2.37. The van der Waals surface area contributed by atoms with Crippen molar-refractivity contribution in [2.75, 3.05) is 33.9 Å². The lowest BCUT2D eigenvalue weighted by molar-refractivity contribution is -0.155. The van der Waals surface area contributed by atoms with Gasteiger partial charge in [-0.3, -0.25) is 34.0 Å². The van der Waals surface area contributed by atoms with E-state index in [0.717, 1.165) is 50.1 Å². The summed E-state index contributed by atoms with van der Waals surface area (Å²) in [6.07, 6.45) is 5.01. The van der Waals surface area contributed by atoms with Crippen LogP contribution in [0.3, 0.4) is 0 Å². The molecule has 7 rings (SSSR count). The predicted molar refractivity (Wildman–Crippen MR) is 317 cm³/mol. The van der Waals surface area contributed by atoms with Crippen molar-refractivity contribution in [2.24, 2.45) is 17.3 Å². The third kappa shape index (κ3) is 13.9. The van der Waals surface area contributed by atoms with Gasteiger partial charge in [0.15, 0.2) is 0 Å². The van der Waals surface area contributed by atoms with Crippen molar-refractivity contribution in [1.82, 2.24) is 35.1 Å². The zero-order valence-corrected chi connectivity index (χ0v) is 49.1. The van der Waals surface area contributed by atoms with Crippen LogP contribution in [0.2, 0.25) is 0 Å². The number of benzene rings is 2. The van der Waals surface area contributed by atoms with E-state index in [9.17, 15) is 24.0 Å². The molecule has 0 unspecified atom stereocenters. The summed E-state index contributed by atoms with van der Waals surface area (Å²) in [4.78, 5) is 77.8.